The Labute approximate surface area is 170 Å². The lowest BCUT2D eigenvalue weighted by Gasteiger charge is -2.23. The fourth-order valence-corrected chi connectivity index (χ4v) is 3.71. The van der Waals surface area contributed by atoms with Gasteiger partial charge in [0, 0.05) is 30.8 Å². The number of benzene rings is 1. The summed E-state index contributed by atoms with van der Waals surface area (Å²) in [5, 5.41) is 11.7. The monoisotopic (exact) mass is 394 g/mol. The van der Waals surface area contributed by atoms with Crippen LogP contribution < -0.4 is 21.1 Å². The Balaban J connectivity index is 1.42. The Morgan fingerprint density at radius 2 is 1.90 bits per heavy atom. The van der Waals surface area contributed by atoms with Crippen molar-refractivity contribution in [2.24, 2.45) is 0 Å². The lowest BCUT2D eigenvalue weighted by atomic mass is 10.1. The number of nitrogens with one attached hydrogen (secondary N) is 3. The molecule has 2 aliphatic heterocycles. The van der Waals surface area contributed by atoms with Crippen LogP contribution in [0.2, 0.25) is 0 Å². The van der Waals surface area contributed by atoms with Gasteiger partial charge in [-0.25, -0.2) is 5.43 Å². The summed E-state index contributed by atoms with van der Waals surface area (Å²) < 4.78 is 0. The molecule has 0 bridgehead atoms. The summed E-state index contributed by atoms with van der Waals surface area (Å²) >= 11 is 0. The number of amides is 2. The molecular formula is C21H26N6O2. The third-order valence-corrected chi connectivity index (χ3v) is 5.37. The van der Waals surface area contributed by atoms with Gasteiger partial charge in [0.05, 0.1) is 5.69 Å². The minimum Gasteiger partial charge on any atom is -0.355 e. The molecule has 0 spiro atoms. The summed E-state index contributed by atoms with van der Waals surface area (Å²) in [5.74, 6) is 0.647. The maximum absolute atomic E-state index is 12.4. The molecule has 1 atom stereocenters. The van der Waals surface area contributed by atoms with E-state index >= 15 is 0 Å². The van der Waals surface area contributed by atoms with E-state index in [0.717, 1.165) is 30.2 Å². The SMILES string of the molecule is O=C1CCC(C(=O)Nc2cccc(-c3ccc(N4CCCCCC4)nn3)c2)NN1. The molecule has 8 nitrogen and oxygen atoms in total. The summed E-state index contributed by atoms with van der Waals surface area (Å²) in [6, 6.07) is 11.1. The normalized spacial score (nSPS) is 19.9. The Kier molecular flexibility index (Phi) is 6.00. The van der Waals surface area contributed by atoms with Crippen LogP contribution in [0.5, 0.6) is 0 Å². The summed E-state index contributed by atoms with van der Waals surface area (Å²) in [6.45, 7) is 2.07. The van der Waals surface area contributed by atoms with Crippen molar-refractivity contribution in [2.45, 2.75) is 44.6 Å². The predicted molar refractivity (Wildman–Crippen MR) is 111 cm³/mol. The van der Waals surface area contributed by atoms with Crippen molar-refractivity contribution in [3.63, 3.8) is 0 Å². The van der Waals surface area contributed by atoms with E-state index in [4.69, 9.17) is 0 Å². The van der Waals surface area contributed by atoms with Gasteiger partial charge in [0.25, 0.3) is 0 Å². The van der Waals surface area contributed by atoms with Crippen molar-refractivity contribution in [1.29, 1.82) is 0 Å². The van der Waals surface area contributed by atoms with Gasteiger partial charge in [0.2, 0.25) is 11.8 Å². The predicted octanol–water partition coefficient (Wildman–Crippen LogP) is 2.25. The molecule has 2 aromatic rings. The molecule has 0 radical (unpaired) electrons. The summed E-state index contributed by atoms with van der Waals surface area (Å²) in [5.41, 5.74) is 7.58. The van der Waals surface area contributed by atoms with Crippen LogP contribution in [0.4, 0.5) is 11.5 Å². The van der Waals surface area contributed by atoms with Gasteiger partial charge < -0.3 is 10.2 Å². The summed E-state index contributed by atoms with van der Waals surface area (Å²) in [4.78, 5) is 25.9. The molecule has 2 saturated heterocycles. The Hall–Kier alpha value is -3.00. The average molecular weight is 394 g/mol. The second-order valence-corrected chi connectivity index (χ2v) is 7.53. The fraction of sp³-hybridized carbons (Fsp3) is 0.429. The Morgan fingerprint density at radius 1 is 1.07 bits per heavy atom. The van der Waals surface area contributed by atoms with E-state index in [2.05, 4.69) is 31.3 Å². The summed E-state index contributed by atoms with van der Waals surface area (Å²) in [7, 11) is 0. The van der Waals surface area contributed by atoms with Crippen LogP contribution in [-0.2, 0) is 9.59 Å². The first kappa shape index (κ1) is 19.3. The number of carbonyl (C=O) groups is 2. The number of hydrogen-bond donors (Lipinski definition) is 3. The van der Waals surface area contributed by atoms with Crippen molar-refractivity contribution in [3.8, 4) is 11.3 Å². The van der Waals surface area contributed by atoms with Crippen LogP contribution in [0.3, 0.4) is 0 Å². The molecule has 1 aromatic carbocycles. The molecule has 3 heterocycles. The third-order valence-electron chi connectivity index (χ3n) is 5.37. The molecule has 8 heteroatoms. The zero-order valence-electron chi connectivity index (χ0n) is 16.4. The van der Waals surface area contributed by atoms with Gasteiger partial charge in [-0.05, 0) is 43.5 Å². The van der Waals surface area contributed by atoms with Crippen molar-refractivity contribution < 1.29 is 9.59 Å². The lowest BCUT2D eigenvalue weighted by molar-refractivity contribution is -0.126. The number of hydrazine groups is 1. The van der Waals surface area contributed by atoms with E-state index in [1.165, 1.54) is 25.7 Å². The number of hydrogen-bond acceptors (Lipinski definition) is 6. The topological polar surface area (TPSA) is 99.2 Å². The number of carbonyl (C=O) groups excluding carboxylic acids is 2. The highest BCUT2D eigenvalue weighted by molar-refractivity contribution is 5.96. The van der Waals surface area contributed by atoms with Gasteiger partial charge in [-0.3, -0.25) is 15.0 Å². The highest BCUT2D eigenvalue weighted by atomic mass is 16.2. The quantitative estimate of drug-likeness (QED) is 0.736. The first-order valence-electron chi connectivity index (χ1n) is 10.2. The maximum atomic E-state index is 12.4. The highest BCUT2D eigenvalue weighted by Gasteiger charge is 2.24. The van der Waals surface area contributed by atoms with E-state index in [0.29, 0.717) is 18.5 Å². The van der Waals surface area contributed by atoms with Crippen LogP contribution >= 0.6 is 0 Å². The van der Waals surface area contributed by atoms with Crippen LogP contribution in [0, 0.1) is 0 Å². The molecule has 2 fully saturated rings. The number of aromatic nitrogens is 2. The smallest absolute Gasteiger partial charge is 0.243 e. The lowest BCUT2D eigenvalue weighted by Crippen LogP contribution is -2.54. The molecule has 29 heavy (non-hydrogen) atoms. The summed E-state index contributed by atoms with van der Waals surface area (Å²) in [6.07, 6.45) is 5.77. The molecule has 152 valence electrons. The molecule has 1 aromatic heterocycles. The first-order valence-corrected chi connectivity index (χ1v) is 10.2. The maximum Gasteiger partial charge on any atom is 0.243 e. The standard InChI is InChI=1S/C21H26N6O2/c28-20-11-9-18(24-26-20)21(29)22-16-7-5-6-15(14-16)17-8-10-19(25-23-17)27-12-3-1-2-4-13-27/h5-8,10,14,18,24H,1-4,9,11-13H2,(H,22,29)(H,26,28). The van der Waals surface area contributed by atoms with Gasteiger partial charge in [0.1, 0.15) is 6.04 Å². The molecule has 0 aliphatic carbocycles. The van der Waals surface area contributed by atoms with Crippen molar-refractivity contribution >= 4 is 23.3 Å². The van der Waals surface area contributed by atoms with Gasteiger partial charge in [0.15, 0.2) is 5.82 Å². The van der Waals surface area contributed by atoms with E-state index in [1.807, 2.05) is 36.4 Å². The molecule has 0 saturated carbocycles. The van der Waals surface area contributed by atoms with E-state index in [9.17, 15) is 9.59 Å². The molecule has 2 aliphatic rings. The van der Waals surface area contributed by atoms with Gasteiger partial charge in [-0.2, -0.15) is 0 Å². The number of nitrogens with zero attached hydrogens (tertiary/aromatic N) is 3. The number of rotatable bonds is 4. The van der Waals surface area contributed by atoms with Crippen LogP contribution in [0.1, 0.15) is 38.5 Å². The largest absolute Gasteiger partial charge is 0.355 e. The van der Waals surface area contributed by atoms with Gasteiger partial charge in [-0.15, -0.1) is 10.2 Å². The fourth-order valence-electron chi connectivity index (χ4n) is 3.71. The zero-order chi connectivity index (χ0) is 20.1. The highest BCUT2D eigenvalue weighted by Crippen LogP contribution is 2.23. The molecular weight excluding hydrogens is 368 g/mol. The average Bonchev–Trinajstić information content (AvgIpc) is 3.04. The first-order chi connectivity index (χ1) is 14.2. The second kappa shape index (κ2) is 9.00. The van der Waals surface area contributed by atoms with Crippen molar-refractivity contribution in [2.75, 3.05) is 23.3 Å². The van der Waals surface area contributed by atoms with Gasteiger partial charge in [-0.1, -0.05) is 25.0 Å². The molecule has 1 unspecified atom stereocenters. The zero-order valence-corrected chi connectivity index (χ0v) is 16.4. The van der Waals surface area contributed by atoms with Crippen molar-refractivity contribution in [1.82, 2.24) is 21.0 Å². The van der Waals surface area contributed by atoms with E-state index in [1.54, 1.807) is 0 Å². The second-order valence-electron chi connectivity index (χ2n) is 7.53. The Bertz CT molecular complexity index is 852. The van der Waals surface area contributed by atoms with Crippen molar-refractivity contribution in [3.05, 3.63) is 36.4 Å². The van der Waals surface area contributed by atoms with Crippen LogP contribution in [0.25, 0.3) is 11.3 Å². The Morgan fingerprint density at radius 3 is 2.59 bits per heavy atom. The minimum absolute atomic E-state index is 0.0988. The third kappa shape index (κ3) is 4.89. The van der Waals surface area contributed by atoms with E-state index < -0.39 is 6.04 Å². The number of anilines is 2. The minimum atomic E-state index is -0.441. The van der Waals surface area contributed by atoms with Gasteiger partial charge >= 0.3 is 0 Å². The molecule has 4 rings (SSSR count). The molecule has 3 N–H and O–H groups in total. The molecule has 2 amide bonds. The van der Waals surface area contributed by atoms with E-state index in [-0.39, 0.29) is 11.8 Å². The van der Waals surface area contributed by atoms with Crippen LogP contribution in [-0.4, -0.2) is 41.1 Å². The van der Waals surface area contributed by atoms with Crippen LogP contribution in [0.15, 0.2) is 36.4 Å².